The Morgan fingerprint density at radius 3 is 1.94 bits per heavy atom. The third kappa shape index (κ3) is 6.77. The zero-order valence-electron chi connectivity index (χ0n) is 10.4. The number of ether oxygens (including phenoxy) is 2. The van der Waals surface area contributed by atoms with Crippen molar-refractivity contribution < 1.29 is 32.5 Å². The maximum absolute atomic E-state index is 12.8. The molecule has 0 rings (SSSR count). The largest absolute Gasteiger partial charge is 0.481 e. The van der Waals surface area contributed by atoms with E-state index >= 15 is 0 Å². The highest BCUT2D eigenvalue weighted by molar-refractivity contribution is 5.67. The number of hydrogen-bond acceptors (Lipinski definition) is 4. The number of rotatable bonds is 9. The van der Waals surface area contributed by atoms with Crippen LogP contribution < -0.4 is 0 Å². The molecule has 18 heavy (non-hydrogen) atoms. The SMILES string of the molecule is COCCN(CCOC)C(CC(=O)O)C(F)(F)F. The second-order valence-electron chi connectivity index (χ2n) is 3.68. The topological polar surface area (TPSA) is 59.0 Å². The Morgan fingerprint density at radius 2 is 1.67 bits per heavy atom. The molecular weight excluding hydrogens is 255 g/mol. The summed E-state index contributed by atoms with van der Waals surface area (Å²) >= 11 is 0. The van der Waals surface area contributed by atoms with Crippen LogP contribution in [0.2, 0.25) is 0 Å². The highest BCUT2D eigenvalue weighted by atomic mass is 19.4. The summed E-state index contributed by atoms with van der Waals surface area (Å²) in [5, 5.41) is 8.56. The van der Waals surface area contributed by atoms with Gasteiger partial charge in [0.25, 0.3) is 0 Å². The molecule has 0 heterocycles. The Morgan fingerprint density at radius 1 is 1.22 bits per heavy atom. The van der Waals surface area contributed by atoms with E-state index in [0.717, 1.165) is 4.90 Å². The molecule has 0 aromatic carbocycles. The molecular formula is C10H18F3NO4. The average molecular weight is 273 g/mol. The van der Waals surface area contributed by atoms with Gasteiger partial charge in [-0.2, -0.15) is 13.2 Å². The predicted molar refractivity (Wildman–Crippen MR) is 57.4 cm³/mol. The summed E-state index contributed by atoms with van der Waals surface area (Å²) in [5.74, 6) is -1.49. The van der Waals surface area contributed by atoms with E-state index in [2.05, 4.69) is 0 Å². The van der Waals surface area contributed by atoms with Gasteiger partial charge >= 0.3 is 12.1 Å². The predicted octanol–water partition coefficient (Wildman–Crippen LogP) is 0.987. The summed E-state index contributed by atoms with van der Waals surface area (Å²) in [6.07, 6.45) is -5.59. The molecule has 0 radical (unpaired) electrons. The number of carboxylic acid groups (broad SMARTS) is 1. The molecule has 0 aliphatic carbocycles. The molecule has 1 unspecified atom stereocenters. The van der Waals surface area contributed by atoms with Gasteiger partial charge in [-0.05, 0) is 0 Å². The van der Waals surface area contributed by atoms with Crippen LogP contribution in [-0.2, 0) is 14.3 Å². The number of carboxylic acids is 1. The maximum Gasteiger partial charge on any atom is 0.404 e. The van der Waals surface area contributed by atoms with E-state index in [9.17, 15) is 18.0 Å². The van der Waals surface area contributed by atoms with Crippen LogP contribution in [0.25, 0.3) is 0 Å². The molecule has 0 aliphatic heterocycles. The first-order chi connectivity index (χ1) is 8.32. The van der Waals surface area contributed by atoms with Crippen LogP contribution in [0, 0.1) is 0 Å². The molecule has 0 fully saturated rings. The quantitative estimate of drug-likeness (QED) is 0.679. The third-order valence-electron chi connectivity index (χ3n) is 2.35. The number of alkyl halides is 3. The first-order valence-electron chi connectivity index (χ1n) is 5.33. The number of methoxy groups -OCH3 is 2. The van der Waals surface area contributed by atoms with E-state index < -0.39 is 24.6 Å². The molecule has 1 atom stereocenters. The molecule has 8 heteroatoms. The lowest BCUT2D eigenvalue weighted by atomic mass is 10.1. The van der Waals surface area contributed by atoms with Crippen molar-refractivity contribution in [1.29, 1.82) is 0 Å². The number of aliphatic carboxylic acids is 1. The summed E-state index contributed by atoms with van der Waals surface area (Å²) in [4.78, 5) is 11.5. The standard InChI is InChI=1S/C10H18F3NO4/c1-17-5-3-14(4-6-18-2)8(7-9(15)16)10(11,12)13/h8H,3-7H2,1-2H3,(H,15,16). The van der Waals surface area contributed by atoms with E-state index in [0.29, 0.717) is 0 Å². The molecule has 0 saturated carbocycles. The fourth-order valence-electron chi connectivity index (χ4n) is 1.46. The number of nitrogens with zero attached hydrogens (tertiary/aromatic N) is 1. The van der Waals surface area contributed by atoms with Gasteiger partial charge in [0.15, 0.2) is 0 Å². The van der Waals surface area contributed by atoms with Crippen molar-refractivity contribution in [2.75, 3.05) is 40.5 Å². The van der Waals surface area contributed by atoms with Crippen LogP contribution in [0.4, 0.5) is 13.2 Å². The minimum atomic E-state index is -4.60. The number of carbonyl (C=O) groups is 1. The Hall–Kier alpha value is -0.860. The van der Waals surface area contributed by atoms with Crippen molar-refractivity contribution in [3.05, 3.63) is 0 Å². The first-order valence-corrected chi connectivity index (χ1v) is 5.33. The fourth-order valence-corrected chi connectivity index (χ4v) is 1.46. The Labute approximate surface area is 103 Å². The Balaban J connectivity index is 4.75. The fraction of sp³-hybridized carbons (Fsp3) is 0.900. The normalized spacial score (nSPS) is 13.9. The van der Waals surface area contributed by atoms with Crippen molar-refractivity contribution >= 4 is 5.97 Å². The second-order valence-corrected chi connectivity index (χ2v) is 3.68. The van der Waals surface area contributed by atoms with Crippen LogP contribution in [0.15, 0.2) is 0 Å². The van der Waals surface area contributed by atoms with Gasteiger partial charge in [-0.25, -0.2) is 0 Å². The van der Waals surface area contributed by atoms with Gasteiger partial charge in [0.1, 0.15) is 6.04 Å². The lowest BCUT2D eigenvalue weighted by Gasteiger charge is -2.31. The Bertz CT molecular complexity index is 240. The van der Waals surface area contributed by atoms with Gasteiger partial charge in [0.2, 0.25) is 0 Å². The monoisotopic (exact) mass is 273 g/mol. The van der Waals surface area contributed by atoms with Crippen molar-refractivity contribution in [3.8, 4) is 0 Å². The molecule has 5 nitrogen and oxygen atoms in total. The molecule has 0 aliphatic rings. The first kappa shape index (κ1) is 17.1. The van der Waals surface area contributed by atoms with Crippen LogP contribution in [-0.4, -0.2) is 68.7 Å². The van der Waals surface area contributed by atoms with Crippen molar-refractivity contribution in [2.45, 2.75) is 18.6 Å². The summed E-state index contributed by atoms with van der Waals surface area (Å²) < 4.78 is 47.8. The van der Waals surface area contributed by atoms with Gasteiger partial charge in [0.05, 0.1) is 19.6 Å². The smallest absolute Gasteiger partial charge is 0.404 e. The van der Waals surface area contributed by atoms with E-state index in [1.807, 2.05) is 0 Å². The minimum absolute atomic E-state index is 0.00266. The number of halogens is 3. The van der Waals surface area contributed by atoms with E-state index in [-0.39, 0.29) is 26.3 Å². The summed E-state index contributed by atoms with van der Waals surface area (Å²) in [6.45, 7) is 0.181. The molecule has 0 saturated heterocycles. The summed E-state index contributed by atoms with van der Waals surface area (Å²) in [7, 11) is 2.74. The molecule has 0 amide bonds. The molecule has 108 valence electrons. The van der Waals surface area contributed by atoms with Gasteiger partial charge < -0.3 is 14.6 Å². The van der Waals surface area contributed by atoms with Crippen LogP contribution in [0.1, 0.15) is 6.42 Å². The minimum Gasteiger partial charge on any atom is -0.481 e. The molecule has 1 N–H and O–H groups in total. The van der Waals surface area contributed by atoms with Gasteiger partial charge in [-0.1, -0.05) is 0 Å². The van der Waals surface area contributed by atoms with Gasteiger partial charge in [0, 0.05) is 27.3 Å². The zero-order valence-corrected chi connectivity index (χ0v) is 10.4. The van der Waals surface area contributed by atoms with Crippen molar-refractivity contribution in [3.63, 3.8) is 0 Å². The maximum atomic E-state index is 12.8. The van der Waals surface area contributed by atoms with Gasteiger partial charge in [-0.3, -0.25) is 9.69 Å². The molecule has 0 bridgehead atoms. The van der Waals surface area contributed by atoms with E-state index in [1.165, 1.54) is 14.2 Å². The van der Waals surface area contributed by atoms with Gasteiger partial charge in [-0.15, -0.1) is 0 Å². The van der Waals surface area contributed by atoms with Crippen LogP contribution >= 0.6 is 0 Å². The summed E-state index contributed by atoms with van der Waals surface area (Å²) in [5.41, 5.74) is 0. The highest BCUT2D eigenvalue weighted by Gasteiger charge is 2.44. The zero-order chi connectivity index (χ0) is 14.2. The van der Waals surface area contributed by atoms with Crippen LogP contribution in [0.3, 0.4) is 0 Å². The lowest BCUT2D eigenvalue weighted by molar-refractivity contribution is -0.192. The second kappa shape index (κ2) is 8.28. The van der Waals surface area contributed by atoms with Crippen LogP contribution in [0.5, 0.6) is 0 Å². The van der Waals surface area contributed by atoms with E-state index in [4.69, 9.17) is 14.6 Å². The molecule has 0 aromatic heterocycles. The average Bonchev–Trinajstić information content (AvgIpc) is 2.25. The van der Waals surface area contributed by atoms with Crippen molar-refractivity contribution in [1.82, 2.24) is 4.90 Å². The molecule has 0 spiro atoms. The van der Waals surface area contributed by atoms with E-state index in [1.54, 1.807) is 0 Å². The Kier molecular flexibility index (Phi) is 7.88. The highest BCUT2D eigenvalue weighted by Crippen LogP contribution is 2.27. The lowest BCUT2D eigenvalue weighted by Crippen LogP contribution is -2.49. The molecule has 0 aromatic rings. The van der Waals surface area contributed by atoms with Crippen molar-refractivity contribution in [2.24, 2.45) is 0 Å². The number of hydrogen-bond donors (Lipinski definition) is 1. The third-order valence-corrected chi connectivity index (χ3v) is 2.35. The summed E-state index contributed by atoms with van der Waals surface area (Å²) in [6, 6.07) is -2.03.